The Morgan fingerprint density at radius 3 is 2.72 bits per heavy atom. The number of amides is 3. The molecule has 2 aliphatic rings. The average Bonchev–Trinajstić information content (AvgIpc) is 3.17. The van der Waals surface area contributed by atoms with Gasteiger partial charge in [0.25, 0.3) is 0 Å². The van der Waals surface area contributed by atoms with E-state index in [0.29, 0.717) is 29.9 Å². The first kappa shape index (κ1) is 21.8. The maximum Gasteiger partial charge on any atom is 0.313 e. The summed E-state index contributed by atoms with van der Waals surface area (Å²) in [5, 5.41) is 15.5. The molecule has 0 saturated carbocycles. The summed E-state index contributed by atoms with van der Waals surface area (Å²) in [6.07, 6.45) is 2.36. The second-order valence-corrected chi connectivity index (χ2v) is 8.29. The monoisotopic (exact) mass is 436 g/mol. The first-order valence-electron chi connectivity index (χ1n) is 10.9. The van der Waals surface area contributed by atoms with Gasteiger partial charge in [-0.1, -0.05) is 18.2 Å². The van der Waals surface area contributed by atoms with Crippen molar-refractivity contribution in [2.45, 2.75) is 31.8 Å². The van der Waals surface area contributed by atoms with Crippen LogP contribution in [0.1, 0.15) is 36.5 Å². The van der Waals surface area contributed by atoms with Gasteiger partial charge in [0.2, 0.25) is 5.91 Å². The Morgan fingerprint density at radius 1 is 1.06 bits per heavy atom. The van der Waals surface area contributed by atoms with E-state index >= 15 is 0 Å². The third-order valence-corrected chi connectivity index (χ3v) is 6.02. The van der Waals surface area contributed by atoms with Crippen molar-refractivity contribution in [1.82, 2.24) is 5.32 Å². The van der Waals surface area contributed by atoms with E-state index in [1.54, 1.807) is 23.1 Å². The van der Waals surface area contributed by atoms with E-state index in [1.165, 1.54) is 5.56 Å². The summed E-state index contributed by atoms with van der Waals surface area (Å²) < 4.78 is 0. The Bertz CT molecular complexity index is 1040. The average molecular weight is 437 g/mol. The fourth-order valence-electron chi connectivity index (χ4n) is 4.20. The van der Waals surface area contributed by atoms with Gasteiger partial charge in [0.1, 0.15) is 0 Å². The Balaban J connectivity index is 1.32. The number of anilines is 3. The Kier molecular flexibility index (Phi) is 6.41. The van der Waals surface area contributed by atoms with Crippen molar-refractivity contribution in [2.24, 2.45) is 0 Å². The molecule has 3 amide bonds. The van der Waals surface area contributed by atoms with Crippen LogP contribution in [0.2, 0.25) is 0 Å². The molecule has 4 rings (SSSR count). The van der Waals surface area contributed by atoms with E-state index in [0.717, 1.165) is 31.5 Å². The van der Waals surface area contributed by atoms with Gasteiger partial charge in [-0.15, -0.1) is 0 Å². The van der Waals surface area contributed by atoms with Crippen LogP contribution in [-0.4, -0.2) is 49.5 Å². The molecular weight excluding hydrogens is 408 g/mol. The van der Waals surface area contributed by atoms with E-state index in [4.69, 9.17) is 0 Å². The first-order chi connectivity index (χ1) is 15.4. The number of hydrogen-bond donors (Lipinski definition) is 3. The predicted octanol–water partition coefficient (Wildman–Crippen LogP) is 1.98. The number of aliphatic hydroxyl groups excluding tert-OH is 1. The summed E-state index contributed by atoms with van der Waals surface area (Å²) in [6.45, 7) is 1.52. The number of likely N-dealkylation sites (N-methyl/N-ethyl adjacent to an activating group) is 1. The van der Waals surface area contributed by atoms with Gasteiger partial charge in [-0.25, -0.2) is 0 Å². The maximum atomic E-state index is 12.3. The summed E-state index contributed by atoms with van der Waals surface area (Å²) in [6, 6.07) is 12.7. The standard InChI is InChI=1S/C24H28N4O4/c1-27-12-10-16-13-17(8-9-20(16)27)21(29)15-25-23(31)24(32)26-18-5-4-6-19(14-18)28-11-3-2-7-22(28)30/h4-6,8-9,13-14,21,29H,2-3,7,10-12,15H2,1H3,(H,25,31)(H,26,32). The normalized spacial score (nSPS) is 16.5. The molecule has 0 radical (unpaired) electrons. The summed E-state index contributed by atoms with van der Waals surface area (Å²) >= 11 is 0. The number of benzene rings is 2. The van der Waals surface area contributed by atoms with Crippen molar-refractivity contribution in [1.29, 1.82) is 0 Å². The summed E-state index contributed by atoms with van der Waals surface area (Å²) in [7, 11) is 2.03. The van der Waals surface area contributed by atoms with Gasteiger partial charge in [0.05, 0.1) is 6.10 Å². The van der Waals surface area contributed by atoms with Crippen LogP contribution in [-0.2, 0) is 20.8 Å². The Labute approximate surface area is 187 Å². The lowest BCUT2D eigenvalue weighted by atomic mass is 10.0. The molecule has 1 fully saturated rings. The minimum absolute atomic E-state index is 0.0599. The molecule has 2 aromatic carbocycles. The van der Waals surface area contributed by atoms with Crippen molar-refractivity contribution in [3.8, 4) is 0 Å². The van der Waals surface area contributed by atoms with Crippen LogP contribution < -0.4 is 20.4 Å². The largest absolute Gasteiger partial charge is 0.387 e. The molecule has 8 heteroatoms. The van der Waals surface area contributed by atoms with Crippen LogP contribution in [0.25, 0.3) is 0 Å². The molecule has 1 unspecified atom stereocenters. The van der Waals surface area contributed by atoms with Gasteiger partial charge in [-0.05, 0) is 54.7 Å². The number of nitrogens with zero attached hydrogens (tertiary/aromatic N) is 2. The molecule has 1 atom stereocenters. The number of rotatable bonds is 5. The smallest absolute Gasteiger partial charge is 0.313 e. The van der Waals surface area contributed by atoms with Crippen molar-refractivity contribution < 1.29 is 19.5 Å². The van der Waals surface area contributed by atoms with E-state index in [1.807, 2.05) is 31.3 Å². The van der Waals surface area contributed by atoms with Gasteiger partial charge < -0.3 is 25.5 Å². The number of piperidine rings is 1. The van der Waals surface area contributed by atoms with Crippen molar-refractivity contribution in [3.05, 3.63) is 53.6 Å². The molecule has 2 heterocycles. The molecule has 0 bridgehead atoms. The predicted molar refractivity (Wildman–Crippen MR) is 123 cm³/mol. The molecule has 2 aromatic rings. The molecule has 3 N–H and O–H groups in total. The number of nitrogens with one attached hydrogen (secondary N) is 2. The highest BCUT2D eigenvalue weighted by Crippen LogP contribution is 2.29. The molecule has 8 nitrogen and oxygen atoms in total. The van der Waals surface area contributed by atoms with Crippen molar-refractivity contribution >= 4 is 34.8 Å². The second kappa shape index (κ2) is 9.40. The van der Waals surface area contributed by atoms with Crippen molar-refractivity contribution in [3.63, 3.8) is 0 Å². The van der Waals surface area contributed by atoms with Gasteiger partial charge in [-0.2, -0.15) is 0 Å². The fraction of sp³-hybridized carbons (Fsp3) is 0.375. The van der Waals surface area contributed by atoms with Crippen LogP contribution in [0.15, 0.2) is 42.5 Å². The third-order valence-electron chi connectivity index (χ3n) is 6.02. The molecule has 32 heavy (non-hydrogen) atoms. The lowest BCUT2D eigenvalue weighted by Crippen LogP contribution is -2.38. The third kappa shape index (κ3) is 4.75. The fourth-order valence-corrected chi connectivity index (χ4v) is 4.20. The molecule has 168 valence electrons. The number of aliphatic hydroxyl groups is 1. The minimum atomic E-state index is -0.906. The topological polar surface area (TPSA) is 102 Å². The van der Waals surface area contributed by atoms with E-state index in [9.17, 15) is 19.5 Å². The van der Waals surface area contributed by atoms with Gasteiger partial charge in [-0.3, -0.25) is 14.4 Å². The zero-order chi connectivity index (χ0) is 22.7. The number of fused-ring (bicyclic) bond motifs is 1. The molecule has 0 aliphatic carbocycles. The lowest BCUT2D eigenvalue weighted by Gasteiger charge is -2.27. The van der Waals surface area contributed by atoms with E-state index in [-0.39, 0.29) is 12.5 Å². The van der Waals surface area contributed by atoms with Gasteiger partial charge >= 0.3 is 11.8 Å². The highest BCUT2D eigenvalue weighted by Gasteiger charge is 2.22. The Hall–Kier alpha value is -3.39. The van der Waals surface area contributed by atoms with Gasteiger partial charge in [0, 0.05) is 50.2 Å². The first-order valence-corrected chi connectivity index (χ1v) is 10.9. The van der Waals surface area contributed by atoms with E-state index in [2.05, 4.69) is 15.5 Å². The Morgan fingerprint density at radius 2 is 1.91 bits per heavy atom. The SMILES string of the molecule is CN1CCc2cc(C(O)CNC(=O)C(=O)Nc3cccc(N4CCCCC4=O)c3)ccc21. The van der Waals surface area contributed by atoms with E-state index < -0.39 is 17.9 Å². The minimum Gasteiger partial charge on any atom is -0.387 e. The zero-order valence-electron chi connectivity index (χ0n) is 18.1. The number of carbonyl (C=O) groups is 3. The zero-order valence-corrected chi connectivity index (χ0v) is 18.1. The summed E-state index contributed by atoms with van der Waals surface area (Å²) in [5.74, 6) is -1.59. The maximum absolute atomic E-state index is 12.3. The number of carbonyl (C=O) groups excluding carboxylic acids is 3. The molecule has 0 aromatic heterocycles. The van der Waals surface area contributed by atoms with Gasteiger partial charge in [0.15, 0.2) is 0 Å². The molecular formula is C24H28N4O4. The van der Waals surface area contributed by atoms with Crippen LogP contribution >= 0.6 is 0 Å². The molecule has 1 saturated heterocycles. The number of hydrogen-bond acceptors (Lipinski definition) is 5. The highest BCUT2D eigenvalue weighted by atomic mass is 16.3. The van der Waals surface area contributed by atoms with Crippen LogP contribution in [0.4, 0.5) is 17.1 Å². The summed E-state index contributed by atoms with van der Waals surface area (Å²) in [4.78, 5) is 40.5. The highest BCUT2D eigenvalue weighted by molar-refractivity contribution is 6.39. The molecule has 2 aliphatic heterocycles. The van der Waals surface area contributed by atoms with Crippen molar-refractivity contribution in [2.75, 3.05) is 41.8 Å². The van der Waals surface area contributed by atoms with Crippen LogP contribution in [0.3, 0.4) is 0 Å². The molecule has 0 spiro atoms. The lowest BCUT2D eigenvalue weighted by molar-refractivity contribution is -0.136. The van der Waals surface area contributed by atoms with Crippen LogP contribution in [0.5, 0.6) is 0 Å². The summed E-state index contributed by atoms with van der Waals surface area (Å²) in [5.41, 5.74) is 4.16. The second-order valence-electron chi connectivity index (χ2n) is 8.29. The quantitative estimate of drug-likeness (QED) is 0.622. The van der Waals surface area contributed by atoms with Crippen LogP contribution in [0, 0.1) is 0 Å².